The van der Waals surface area contributed by atoms with Gasteiger partial charge in [0.2, 0.25) is 0 Å². The predicted molar refractivity (Wildman–Crippen MR) is 65.1 cm³/mol. The quantitative estimate of drug-likeness (QED) is 0.874. The molecule has 94 valence electrons. The molecule has 0 saturated heterocycles. The SMILES string of the molecule is Fc1ccc(CNc2cccc(Cl)c2F)cc1F. The van der Waals surface area contributed by atoms with Crippen molar-refractivity contribution in [2.24, 2.45) is 0 Å². The van der Waals surface area contributed by atoms with Gasteiger partial charge in [0.1, 0.15) is 0 Å². The van der Waals surface area contributed by atoms with Crippen molar-refractivity contribution in [3.63, 3.8) is 0 Å². The monoisotopic (exact) mass is 271 g/mol. The van der Waals surface area contributed by atoms with Crippen molar-refractivity contribution in [3.8, 4) is 0 Å². The fourth-order valence-corrected chi connectivity index (χ4v) is 1.66. The molecule has 0 aromatic heterocycles. The molecule has 0 unspecified atom stereocenters. The van der Waals surface area contributed by atoms with E-state index in [4.69, 9.17) is 11.6 Å². The fourth-order valence-electron chi connectivity index (χ4n) is 1.49. The van der Waals surface area contributed by atoms with Crippen molar-refractivity contribution in [3.05, 3.63) is 64.4 Å². The third kappa shape index (κ3) is 2.76. The van der Waals surface area contributed by atoms with E-state index in [1.807, 2.05) is 0 Å². The van der Waals surface area contributed by atoms with Gasteiger partial charge in [0.05, 0.1) is 10.7 Å². The maximum absolute atomic E-state index is 13.5. The fraction of sp³-hybridized carbons (Fsp3) is 0.0769. The van der Waals surface area contributed by atoms with Crippen LogP contribution in [0.2, 0.25) is 5.02 Å². The molecule has 0 spiro atoms. The molecular weight excluding hydrogens is 263 g/mol. The Kier molecular flexibility index (Phi) is 3.77. The van der Waals surface area contributed by atoms with Crippen molar-refractivity contribution in [2.75, 3.05) is 5.32 Å². The summed E-state index contributed by atoms with van der Waals surface area (Å²) in [5, 5.41) is 2.77. The first-order chi connectivity index (χ1) is 8.58. The van der Waals surface area contributed by atoms with Crippen molar-refractivity contribution < 1.29 is 13.2 Å². The van der Waals surface area contributed by atoms with Crippen LogP contribution in [0.25, 0.3) is 0 Å². The van der Waals surface area contributed by atoms with E-state index >= 15 is 0 Å². The number of anilines is 1. The van der Waals surface area contributed by atoms with Gasteiger partial charge in [-0.25, -0.2) is 13.2 Å². The molecule has 2 aromatic rings. The Morgan fingerprint density at radius 2 is 1.78 bits per heavy atom. The first kappa shape index (κ1) is 12.8. The Balaban J connectivity index is 2.11. The number of halogens is 4. The number of nitrogens with one attached hydrogen (secondary N) is 1. The highest BCUT2D eigenvalue weighted by Crippen LogP contribution is 2.22. The van der Waals surface area contributed by atoms with Gasteiger partial charge in [-0.05, 0) is 29.8 Å². The largest absolute Gasteiger partial charge is 0.379 e. The first-order valence-corrected chi connectivity index (χ1v) is 5.57. The lowest BCUT2D eigenvalue weighted by Crippen LogP contribution is -2.02. The Hall–Kier alpha value is -1.68. The molecule has 5 heteroatoms. The second-order valence-electron chi connectivity index (χ2n) is 3.70. The van der Waals surface area contributed by atoms with E-state index in [1.54, 1.807) is 6.07 Å². The highest BCUT2D eigenvalue weighted by molar-refractivity contribution is 6.31. The Morgan fingerprint density at radius 1 is 1.00 bits per heavy atom. The zero-order valence-corrected chi connectivity index (χ0v) is 9.94. The van der Waals surface area contributed by atoms with Crippen LogP contribution in [0.4, 0.5) is 18.9 Å². The summed E-state index contributed by atoms with van der Waals surface area (Å²) in [6, 6.07) is 8.05. The van der Waals surface area contributed by atoms with Gasteiger partial charge < -0.3 is 5.32 Å². The molecule has 0 heterocycles. The Morgan fingerprint density at radius 3 is 2.50 bits per heavy atom. The molecule has 0 aliphatic carbocycles. The summed E-state index contributed by atoms with van der Waals surface area (Å²) < 4.78 is 39.2. The van der Waals surface area contributed by atoms with Crippen molar-refractivity contribution in [1.29, 1.82) is 0 Å². The van der Waals surface area contributed by atoms with Crippen LogP contribution in [0.5, 0.6) is 0 Å². The van der Waals surface area contributed by atoms with Crippen LogP contribution in [0, 0.1) is 17.5 Å². The summed E-state index contributed by atoms with van der Waals surface area (Å²) in [7, 11) is 0. The van der Waals surface area contributed by atoms with Crippen LogP contribution in [0.15, 0.2) is 36.4 Å². The minimum atomic E-state index is -0.930. The number of hydrogen-bond acceptors (Lipinski definition) is 1. The first-order valence-electron chi connectivity index (χ1n) is 5.20. The summed E-state index contributed by atoms with van der Waals surface area (Å²) in [6.45, 7) is 0.175. The number of hydrogen-bond donors (Lipinski definition) is 1. The molecule has 0 amide bonds. The molecule has 0 aliphatic heterocycles. The second-order valence-corrected chi connectivity index (χ2v) is 4.11. The van der Waals surface area contributed by atoms with Gasteiger partial charge in [-0.2, -0.15) is 0 Å². The van der Waals surface area contributed by atoms with Gasteiger partial charge in [-0.3, -0.25) is 0 Å². The lowest BCUT2D eigenvalue weighted by molar-refractivity contribution is 0.507. The molecule has 0 atom stereocenters. The molecule has 18 heavy (non-hydrogen) atoms. The molecule has 2 rings (SSSR count). The smallest absolute Gasteiger partial charge is 0.164 e. The molecule has 1 nitrogen and oxygen atoms in total. The number of rotatable bonds is 3. The van der Waals surface area contributed by atoms with Gasteiger partial charge in [0, 0.05) is 6.54 Å². The lowest BCUT2D eigenvalue weighted by atomic mass is 10.2. The van der Waals surface area contributed by atoms with Crippen LogP contribution in [-0.4, -0.2) is 0 Å². The third-order valence-electron chi connectivity index (χ3n) is 2.42. The average molecular weight is 272 g/mol. The van der Waals surface area contributed by atoms with E-state index < -0.39 is 17.5 Å². The Bertz CT molecular complexity index is 572. The van der Waals surface area contributed by atoms with Crippen LogP contribution < -0.4 is 5.32 Å². The third-order valence-corrected chi connectivity index (χ3v) is 2.71. The molecule has 2 aromatic carbocycles. The average Bonchev–Trinajstić information content (AvgIpc) is 2.35. The zero-order chi connectivity index (χ0) is 13.1. The molecular formula is C13H9ClF3N. The molecule has 0 saturated carbocycles. The van der Waals surface area contributed by atoms with Crippen LogP contribution >= 0.6 is 11.6 Å². The maximum atomic E-state index is 13.5. The van der Waals surface area contributed by atoms with Crippen molar-refractivity contribution in [1.82, 2.24) is 0 Å². The summed E-state index contributed by atoms with van der Waals surface area (Å²) in [6.07, 6.45) is 0. The van der Waals surface area contributed by atoms with Crippen LogP contribution in [0.1, 0.15) is 5.56 Å². The molecule has 0 aliphatic rings. The van der Waals surface area contributed by atoms with E-state index in [0.29, 0.717) is 5.56 Å². The Labute approximate surface area is 107 Å². The highest BCUT2D eigenvalue weighted by Gasteiger charge is 2.06. The summed E-state index contributed by atoms with van der Waals surface area (Å²) in [4.78, 5) is 0. The standard InChI is InChI=1S/C13H9ClF3N/c14-9-2-1-3-12(13(9)17)18-7-8-4-5-10(15)11(16)6-8/h1-6,18H,7H2. The van der Waals surface area contributed by atoms with Crippen molar-refractivity contribution in [2.45, 2.75) is 6.54 Å². The van der Waals surface area contributed by atoms with Gasteiger partial charge in [-0.1, -0.05) is 23.7 Å². The normalized spacial score (nSPS) is 10.4. The highest BCUT2D eigenvalue weighted by atomic mass is 35.5. The summed E-state index contributed by atoms with van der Waals surface area (Å²) in [5.74, 6) is -2.41. The number of benzene rings is 2. The minimum Gasteiger partial charge on any atom is -0.379 e. The minimum absolute atomic E-state index is 0.00490. The van der Waals surface area contributed by atoms with E-state index in [1.165, 1.54) is 18.2 Å². The van der Waals surface area contributed by atoms with E-state index in [9.17, 15) is 13.2 Å². The van der Waals surface area contributed by atoms with Crippen LogP contribution in [0.3, 0.4) is 0 Å². The molecule has 0 radical (unpaired) electrons. The maximum Gasteiger partial charge on any atom is 0.164 e. The van der Waals surface area contributed by atoms with E-state index in [2.05, 4.69) is 5.32 Å². The second kappa shape index (κ2) is 5.31. The van der Waals surface area contributed by atoms with E-state index in [-0.39, 0.29) is 17.3 Å². The van der Waals surface area contributed by atoms with Gasteiger partial charge in [-0.15, -0.1) is 0 Å². The zero-order valence-electron chi connectivity index (χ0n) is 9.18. The molecule has 0 bridgehead atoms. The van der Waals surface area contributed by atoms with Crippen LogP contribution in [-0.2, 0) is 6.54 Å². The lowest BCUT2D eigenvalue weighted by Gasteiger charge is -2.08. The van der Waals surface area contributed by atoms with Gasteiger partial charge >= 0.3 is 0 Å². The molecule has 0 fully saturated rings. The van der Waals surface area contributed by atoms with E-state index in [0.717, 1.165) is 12.1 Å². The molecule has 1 N–H and O–H groups in total. The summed E-state index contributed by atoms with van der Waals surface area (Å²) in [5.41, 5.74) is 0.723. The van der Waals surface area contributed by atoms with Crippen molar-refractivity contribution >= 4 is 17.3 Å². The predicted octanol–water partition coefficient (Wildman–Crippen LogP) is 4.37. The topological polar surface area (TPSA) is 12.0 Å². The van der Waals surface area contributed by atoms with Gasteiger partial charge in [0.25, 0.3) is 0 Å². The van der Waals surface area contributed by atoms with Gasteiger partial charge in [0.15, 0.2) is 17.5 Å². The summed E-state index contributed by atoms with van der Waals surface area (Å²) >= 11 is 5.62.